The maximum atomic E-state index is 6.62. The number of ether oxygens (including phenoxy) is 2. The third-order valence-electron chi connectivity index (χ3n) is 6.09. The van der Waals surface area contributed by atoms with Crippen molar-refractivity contribution in [1.82, 2.24) is 14.9 Å². The van der Waals surface area contributed by atoms with E-state index in [0.29, 0.717) is 39.1 Å². The number of nitrogens with zero attached hydrogens (tertiary/aromatic N) is 3. The number of thiocarbonyl (C=S) groups is 1. The zero-order valence-electron chi connectivity index (χ0n) is 19.8. The predicted octanol–water partition coefficient (Wildman–Crippen LogP) is 7.03. The molecule has 0 spiro atoms. The fraction of sp³-hybridized carbons (Fsp3) is 0.185. The van der Waals surface area contributed by atoms with E-state index in [1.165, 1.54) is 0 Å². The summed E-state index contributed by atoms with van der Waals surface area (Å²) in [6.07, 6.45) is 3.75. The van der Waals surface area contributed by atoms with Gasteiger partial charge in [-0.15, -0.1) is 0 Å². The van der Waals surface area contributed by atoms with Gasteiger partial charge in [-0.25, -0.2) is 0 Å². The lowest BCUT2D eigenvalue weighted by Gasteiger charge is -2.29. The Morgan fingerprint density at radius 2 is 1.84 bits per heavy atom. The van der Waals surface area contributed by atoms with Crippen molar-refractivity contribution in [2.75, 3.05) is 25.2 Å². The van der Waals surface area contributed by atoms with Gasteiger partial charge in [-0.05, 0) is 72.9 Å². The molecule has 1 saturated heterocycles. The summed E-state index contributed by atoms with van der Waals surface area (Å²) in [7, 11) is 1.63. The third kappa shape index (κ3) is 5.28. The average Bonchev–Trinajstić information content (AvgIpc) is 3.50. The van der Waals surface area contributed by atoms with Crippen LogP contribution in [0.3, 0.4) is 0 Å². The Hall–Kier alpha value is -2.81. The largest absolute Gasteiger partial charge is 0.490 e. The fourth-order valence-electron chi connectivity index (χ4n) is 4.46. The van der Waals surface area contributed by atoms with E-state index in [9.17, 15) is 0 Å². The highest BCUT2D eigenvalue weighted by Crippen LogP contribution is 2.44. The molecule has 5 rings (SSSR count). The maximum Gasteiger partial charge on any atom is 0.174 e. The minimum Gasteiger partial charge on any atom is -0.490 e. The lowest BCUT2D eigenvalue weighted by atomic mass is 10.0. The molecule has 0 bridgehead atoms. The number of halogens is 3. The standard InChI is InChI=1S/C27H23Cl3N4O2S/c1-35-13-14-36-24-10-8-18(16-20(24)30)34-26(25(32-27(34)37)21-5-2-3-11-31-21)23-6-4-12-33(23)22-9-7-17(28)15-19(22)29/h2-12,15-16,25-26H,13-14H2,1H3,(H,32,37)/t25-,26+/m0/s1. The van der Waals surface area contributed by atoms with Gasteiger partial charge in [0, 0.05) is 35.9 Å². The van der Waals surface area contributed by atoms with Crippen LogP contribution in [0.1, 0.15) is 23.5 Å². The lowest BCUT2D eigenvalue weighted by Crippen LogP contribution is -2.30. The van der Waals surface area contributed by atoms with Crippen LogP contribution < -0.4 is 15.0 Å². The normalized spacial score (nSPS) is 17.2. The van der Waals surface area contributed by atoms with Crippen molar-refractivity contribution >= 4 is 57.8 Å². The molecule has 0 amide bonds. The monoisotopic (exact) mass is 572 g/mol. The SMILES string of the molecule is COCCOc1ccc(N2C(=S)N[C@@H](c3ccccn3)[C@H]2c2cccn2-c2ccc(Cl)cc2Cl)cc1Cl. The minimum absolute atomic E-state index is 0.232. The van der Waals surface area contributed by atoms with Crippen LogP contribution in [0, 0.1) is 0 Å². The first-order valence-corrected chi connectivity index (χ1v) is 13.1. The number of anilines is 1. The number of pyridine rings is 1. The molecule has 3 heterocycles. The Kier molecular flexibility index (Phi) is 7.88. The lowest BCUT2D eigenvalue weighted by molar-refractivity contribution is 0.146. The van der Waals surface area contributed by atoms with Crippen LogP contribution in [0.4, 0.5) is 5.69 Å². The molecular weight excluding hydrogens is 551 g/mol. The Morgan fingerprint density at radius 1 is 0.973 bits per heavy atom. The highest BCUT2D eigenvalue weighted by Gasteiger charge is 2.42. The minimum atomic E-state index is -0.263. The molecule has 1 aliphatic rings. The van der Waals surface area contributed by atoms with Gasteiger partial charge < -0.3 is 24.3 Å². The second-order valence-electron chi connectivity index (χ2n) is 8.35. The number of benzene rings is 2. The molecular formula is C27H23Cl3N4O2S. The summed E-state index contributed by atoms with van der Waals surface area (Å²) in [4.78, 5) is 6.68. The van der Waals surface area contributed by atoms with Crippen LogP contribution in [-0.4, -0.2) is 35.0 Å². The van der Waals surface area contributed by atoms with Crippen LogP contribution in [0.5, 0.6) is 5.75 Å². The molecule has 0 radical (unpaired) electrons. The van der Waals surface area contributed by atoms with Crippen molar-refractivity contribution in [3.05, 3.63) is 106 Å². The van der Waals surface area contributed by atoms with Crippen LogP contribution in [-0.2, 0) is 4.74 Å². The molecule has 4 aromatic rings. The van der Waals surface area contributed by atoms with E-state index in [2.05, 4.69) is 21.3 Å². The first-order chi connectivity index (χ1) is 18.0. The van der Waals surface area contributed by atoms with Gasteiger partial charge >= 0.3 is 0 Å². The maximum absolute atomic E-state index is 6.62. The van der Waals surface area contributed by atoms with E-state index in [1.54, 1.807) is 19.4 Å². The van der Waals surface area contributed by atoms with Crippen molar-refractivity contribution in [3.63, 3.8) is 0 Å². The van der Waals surface area contributed by atoms with E-state index in [1.807, 2.05) is 65.4 Å². The van der Waals surface area contributed by atoms with Gasteiger partial charge in [0.2, 0.25) is 0 Å². The Bertz CT molecular complexity index is 1420. The van der Waals surface area contributed by atoms with E-state index >= 15 is 0 Å². The summed E-state index contributed by atoms with van der Waals surface area (Å²) >= 11 is 25.3. The first kappa shape index (κ1) is 25.8. The number of methoxy groups -OCH3 is 1. The molecule has 10 heteroatoms. The van der Waals surface area contributed by atoms with E-state index in [4.69, 9.17) is 56.5 Å². The number of nitrogens with one attached hydrogen (secondary N) is 1. The molecule has 6 nitrogen and oxygen atoms in total. The molecule has 2 aromatic carbocycles. The Morgan fingerprint density at radius 3 is 2.57 bits per heavy atom. The average molecular weight is 574 g/mol. The van der Waals surface area contributed by atoms with Gasteiger partial charge in [0.15, 0.2) is 5.11 Å². The Balaban J connectivity index is 1.60. The van der Waals surface area contributed by atoms with E-state index in [-0.39, 0.29) is 12.1 Å². The van der Waals surface area contributed by atoms with Crippen LogP contribution >= 0.6 is 47.0 Å². The highest BCUT2D eigenvalue weighted by atomic mass is 35.5. The van der Waals surface area contributed by atoms with E-state index in [0.717, 1.165) is 22.8 Å². The molecule has 37 heavy (non-hydrogen) atoms. The molecule has 1 N–H and O–H groups in total. The van der Waals surface area contributed by atoms with Crippen molar-refractivity contribution in [1.29, 1.82) is 0 Å². The first-order valence-electron chi connectivity index (χ1n) is 11.5. The predicted molar refractivity (Wildman–Crippen MR) is 153 cm³/mol. The van der Waals surface area contributed by atoms with Crippen molar-refractivity contribution in [2.24, 2.45) is 0 Å². The number of hydrogen-bond donors (Lipinski definition) is 1. The summed E-state index contributed by atoms with van der Waals surface area (Å²) in [5.74, 6) is 0.578. The van der Waals surface area contributed by atoms with Crippen molar-refractivity contribution in [3.8, 4) is 11.4 Å². The number of aromatic nitrogens is 2. The smallest absolute Gasteiger partial charge is 0.174 e. The van der Waals surface area contributed by atoms with Crippen molar-refractivity contribution in [2.45, 2.75) is 12.1 Å². The second-order valence-corrected chi connectivity index (χ2v) is 9.99. The molecule has 0 saturated carbocycles. The van der Waals surface area contributed by atoms with Crippen LogP contribution in [0.2, 0.25) is 15.1 Å². The van der Waals surface area contributed by atoms with E-state index < -0.39 is 0 Å². The summed E-state index contributed by atoms with van der Waals surface area (Å²) < 4.78 is 12.9. The quantitative estimate of drug-likeness (QED) is 0.180. The number of hydrogen-bond acceptors (Lipinski definition) is 4. The summed E-state index contributed by atoms with van der Waals surface area (Å²) in [6.45, 7) is 0.870. The van der Waals surface area contributed by atoms with Crippen LogP contribution in [0.15, 0.2) is 79.1 Å². The van der Waals surface area contributed by atoms with Gasteiger partial charge in [-0.3, -0.25) is 4.98 Å². The number of rotatable bonds is 8. The molecule has 2 aromatic heterocycles. The Labute approximate surface area is 235 Å². The fourth-order valence-corrected chi connectivity index (χ4v) is 5.53. The van der Waals surface area contributed by atoms with Crippen molar-refractivity contribution < 1.29 is 9.47 Å². The highest BCUT2D eigenvalue weighted by molar-refractivity contribution is 7.80. The third-order valence-corrected chi connectivity index (χ3v) is 7.24. The topological polar surface area (TPSA) is 51.6 Å². The summed E-state index contributed by atoms with van der Waals surface area (Å²) in [5, 5.41) is 5.62. The summed E-state index contributed by atoms with van der Waals surface area (Å²) in [5.41, 5.74) is 3.45. The van der Waals surface area contributed by atoms with Gasteiger partial charge in [-0.1, -0.05) is 40.9 Å². The van der Waals surface area contributed by atoms with Gasteiger partial charge in [0.1, 0.15) is 18.4 Å². The zero-order valence-corrected chi connectivity index (χ0v) is 22.9. The molecule has 190 valence electrons. The molecule has 0 aliphatic carbocycles. The molecule has 2 atom stereocenters. The van der Waals surface area contributed by atoms with Crippen LogP contribution in [0.25, 0.3) is 5.69 Å². The second kappa shape index (κ2) is 11.3. The zero-order chi connectivity index (χ0) is 25.9. The van der Waals surface area contributed by atoms with Gasteiger partial charge in [-0.2, -0.15) is 0 Å². The van der Waals surface area contributed by atoms with Gasteiger partial charge in [0.25, 0.3) is 0 Å². The molecule has 0 unspecified atom stereocenters. The summed E-state index contributed by atoms with van der Waals surface area (Å²) in [6, 6.07) is 20.5. The molecule has 1 aliphatic heterocycles. The molecule has 1 fully saturated rings. The van der Waals surface area contributed by atoms with Gasteiger partial charge in [0.05, 0.1) is 34.1 Å².